The molecule has 7 heteroatoms. The van der Waals surface area contributed by atoms with Crippen LogP contribution >= 0.6 is 23.2 Å². The Kier molecular flexibility index (Phi) is 6.17. The highest BCUT2D eigenvalue weighted by Gasteiger charge is 2.20. The van der Waals surface area contributed by atoms with Gasteiger partial charge in [0.05, 0.1) is 6.42 Å². The smallest absolute Gasteiger partial charge is 0.240 e. The number of amides is 2. The molecule has 0 saturated carbocycles. The van der Waals surface area contributed by atoms with E-state index in [0.717, 1.165) is 0 Å². The lowest BCUT2D eigenvalue weighted by atomic mass is 10.0. The molecule has 2 aromatic carbocycles. The van der Waals surface area contributed by atoms with Crippen molar-refractivity contribution in [2.24, 2.45) is 5.73 Å². The van der Waals surface area contributed by atoms with Gasteiger partial charge in [0.2, 0.25) is 11.8 Å². The number of hydrogen-bond acceptors (Lipinski definition) is 2. The van der Waals surface area contributed by atoms with Crippen molar-refractivity contribution in [2.75, 3.05) is 0 Å². The van der Waals surface area contributed by atoms with Crippen LogP contribution in [0.15, 0.2) is 42.5 Å². The molecule has 0 heterocycles. The third-order valence-electron chi connectivity index (χ3n) is 3.37. The number of rotatable bonds is 6. The summed E-state index contributed by atoms with van der Waals surface area (Å²) in [5, 5.41) is 3.40. The van der Waals surface area contributed by atoms with Crippen LogP contribution in [0, 0.1) is 5.82 Å². The zero-order valence-corrected chi connectivity index (χ0v) is 14.1. The van der Waals surface area contributed by atoms with Crippen LogP contribution in [0.4, 0.5) is 4.39 Å². The molecule has 1 atom stereocenters. The second-order valence-electron chi connectivity index (χ2n) is 5.27. The lowest BCUT2D eigenvalue weighted by Gasteiger charge is -2.16. The van der Waals surface area contributed by atoms with Crippen molar-refractivity contribution in [3.63, 3.8) is 0 Å². The Morgan fingerprint density at radius 2 is 1.92 bits per heavy atom. The number of carbonyl (C=O) groups is 2. The highest BCUT2D eigenvalue weighted by molar-refractivity contribution is 6.35. The molecule has 0 aromatic heterocycles. The Balaban J connectivity index is 2.05. The second kappa shape index (κ2) is 8.13. The van der Waals surface area contributed by atoms with Crippen LogP contribution in [0.25, 0.3) is 0 Å². The lowest BCUT2D eigenvalue weighted by molar-refractivity contribution is -0.127. The zero-order chi connectivity index (χ0) is 17.7. The first-order chi connectivity index (χ1) is 11.3. The molecule has 2 aromatic rings. The summed E-state index contributed by atoms with van der Waals surface area (Å²) in [7, 11) is 0. The summed E-state index contributed by atoms with van der Waals surface area (Å²) < 4.78 is 13.1. The van der Waals surface area contributed by atoms with Gasteiger partial charge in [-0.2, -0.15) is 0 Å². The number of nitrogens with one attached hydrogen (secondary N) is 1. The molecule has 0 fully saturated rings. The van der Waals surface area contributed by atoms with E-state index in [1.165, 1.54) is 18.2 Å². The summed E-state index contributed by atoms with van der Waals surface area (Å²) in [6, 6.07) is 9.60. The van der Waals surface area contributed by atoms with Gasteiger partial charge in [0.25, 0.3) is 0 Å². The molecule has 24 heavy (non-hydrogen) atoms. The molecule has 2 amide bonds. The number of carbonyl (C=O) groups excluding carboxylic acids is 2. The Hall–Kier alpha value is -2.11. The van der Waals surface area contributed by atoms with Crippen molar-refractivity contribution in [1.29, 1.82) is 0 Å². The lowest BCUT2D eigenvalue weighted by Crippen LogP contribution is -2.46. The number of primary amides is 1. The number of hydrogen-bond donors (Lipinski definition) is 2. The highest BCUT2D eigenvalue weighted by Crippen LogP contribution is 2.22. The van der Waals surface area contributed by atoms with Crippen LogP contribution in [0.5, 0.6) is 0 Å². The van der Waals surface area contributed by atoms with Gasteiger partial charge in [-0.3, -0.25) is 9.59 Å². The van der Waals surface area contributed by atoms with E-state index < -0.39 is 23.7 Å². The minimum atomic E-state index is -0.926. The fourth-order valence-corrected chi connectivity index (χ4v) is 2.69. The molecule has 0 saturated heterocycles. The number of benzene rings is 2. The first-order valence-corrected chi connectivity index (χ1v) is 7.88. The maximum Gasteiger partial charge on any atom is 0.240 e. The SMILES string of the molecule is NC(=O)[C@@H](Cc1ccc(Cl)cc1Cl)NC(=O)Cc1cccc(F)c1. The van der Waals surface area contributed by atoms with Crippen LogP contribution in [0.2, 0.25) is 10.0 Å². The Labute approximate surface area is 148 Å². The van der Waals surface area contributed by atoms with Crippen LogP contribution in [-0.2, 0) is 22.4 Å². The van der Waals surface area contributed by atoms with Crippen molar-refractivity contribution in [3.8, 4) is 0 Å². The molecule has 0 radical (unpaired) electrons. The molecular weight excluding hydrogens is 354 g/mol. The molecule has 0 aliphatic carbocycles. The molecule has 2 rings (SSSR count). The fraction of sp³-hybridized carbons (Fsp3) is 0.176. The minimum Gasteiger partial charge on any atom is -0.368 e. The predicted octanol–water partition coefficient (Wildman–Crippen LogP) is 2.89. The summed E-state index contributed by atoms with van der Waals surface area (Å²) in [6.07, 6.45) is 0.0795. The molecule has 4 nitrogen and oxygen atoms in total. The molecular formula is C17H15Cl2FN2O2. The van der Waals surface area contributed by atoms with E-state index >= 15 is 0 Å². The largest absolute Gasteiger partial charge is 0.368 e. The van der Waals surface area contributed by atoms with E-state index in [9.17, 15) is 14.0 Å². The van der Waals surface area contributed by atoms with Crippen LogP contribution in [-0.4, -0.2) is 17.9 Å². The van der Waals surface area contributed by atoms with Gasteiger partial charge in [0.1, 0.15) is 11.9 Å². The monoisotopic (exact) mass is 368 g/mol. The average molecular weight is 369 g/mol. The maximum atomic E-state index is 13.1. The van der Waals surface area contributed by atoms with E-state index in [1.54, 1.807) is 24.3 Å². The van der Waals surface area contributed by atoms with Gasteiger partial charge in [0.15, 0.2) is 0 Å². The third kappa shape index (κ3) is 5.22. The summed E-state index contributed by atoms with van der Waals surface area (Å²) in [4.78, 5) is 23.7. The van der Waals surface area contributed by atoms with Crippen LogP contribution in [0.3, 0.4) is 0 Å². The van der Waals surface area contributed by atoms with Crippen molar-refractivity contribution < 1.29 is 14.0 Å². The minimum absolute atomic E-state index is 0.0596. The van der Waals surface area contributed by atoms with Crippen LogP contribution < -0.4 is 11.1 Å². The van der Waals surface area contributed by atoms with Crippen molar-refractivity contribution in [2.45, 2.75) is 18.9 Å². The Morgan fingerprint density at radius 3 is 2.54 bits per heavy atom. The van der Waals surface area contributed by atoms with Gasteiger partial charge in [0, 0.05) is 16.5 Å². The van der Waals surface area contributed by atoms with Gasteiger partial charge in [-0.1, -0.05) is 41.4 Å². The quantitative estimate of drug-likeness (QED) is 0.822. The molecule has 0 aliphatic rings. The summed E-state index contributed by atoms with van der Waals surface area (Å²) in [6.45, 7) is 0. The van der Waals surface area contributed by atoms with E-state index in [4.69, 9.17) is 28.9 Å². The predicted molar refractivity (Wildman–Crippen MR) is 91.4 cm³/mol. The summed E-state index contributed by atoms with van der Waals surface area (Å²) in [5.74, 6) is -1.55. The normalized spacial score (nSPS) is 11.8. The van der Waals surface area contributed by atoms with Gasteiger partial charge in [-0.05, 0) is 35.4 Å². The zero-order valence-electron chi connectivity index (χ0n) is 12.6. The van der Waals surface area contributed by atoms with E-state index in [0.29, 0.717) is 21.2 Å². The fourth-order valence-electron chi connectivity index (χ4n) is 2.21. The topological polar surface area (TPSA) is 72.2 Å². The average Bonchev–Trinajstić information content (AvgIpc) is 2.48. The third-order valence-corrected chi connectivity index (χ3v) is 3.96. The number of halogens is 3. The van der Waals surface area contributed by atoms with E-state index in [2.05, 4.69) is 5.32 Å². The Morgan fingerprint density at radius 1 is 1.17 bits per heavy atom. The van der Waals surface area contributed by atoms with Crippen LogP contribution in [0.1, 0.15) is 11.1 Å². The highest BCUT2D eigenvalue weighted by atomic mass is 35.5. The van der Waals surface area contributed by atoms with E-state index in [-0.39, 0.29) is 12.8 Å². The molecule has 0 spiro atoms. The molecule has 3 N–H and O–H groups in total. The van der Waals surface area contributed by atoms with Gasteiger partial charge < -0.3 is 11.1 Å². The Bertz CT molecular complexity index is 768. The van der Waals surface area contributed by atoms with Gasteiger partial charge in [-0.15, -0.1) is 0 Å². The van der Waals surface area contributed by atoms with Crippen molar-refractivity contribution >= 4 is 35.0 Å². The van der Waals surface area contributed by atoms with E-state index in [1.807, 2.05) is 0 Å². The molecule has 126 valence electrons. The standard InChI is InChI=1S/C17H15Cl2FN2O2/c18-12-5-4-11(14(19)9-12)8-15(17(21)24)22-16(23)7-10-2-1-3-13(20)6-10/h1-6,9,15H,7-8H2,(H2,21,24)(H,22,23)/t15-/m1/s1. The molecule has 0 bridgehead atoms. The number of nitrogens with two attached hydrogens (primary N) is 1. The summed E-state index contributed by atoms with van der Waals surface area (Å²) in [5.41, 5.74) is 6.48. The van der Waals surface area contributed by atoms with Crippen molar-refractivity contribution in [3.05, 3.63) is 69.5 Å². The maximum absolute atomic E-state index is 13.1. The van der Waals surface area contributed by atoms with Gasteiger partial charge >= 0.3 is 0 Å². The first kappa shape index (κ1) is 18.2. The molecule has 0 aliphatic heterocycles. The van der Waals surface area contributed by atoms with Crippen molar-refractivity contribution in [1.82, 2.24) is 5.32 Å². The first-order valence-electron chi connectivity index (χ1n) is 7.12. The van der Waals surface area contributed by atoms with Gasteiger partial charge in [-0.25, -0.2) is 4.39 Å². The molecule has 0 unspecified atom stereocenters. The summed E-state index contributed by atoms with van der Waals surface area (Å²) >= 11 is 11.9. The second-order valence-corrected chi connectivity index (χ2v) is 6.11.